The molecule has 0 amide bonds. The van der Waals surface area contributed by atoms with Crippen LogP contribution in [0.25, 0.3) is 0 Å². The molecule has 2 rings (SSSR count). The highest BCUT2D eigenvalue weighted by Crippen LogP contribution is 2.30. The van der Waals surface area contributed by atoms with Crippen molar-refractivity contribution in [1.82, 2.24) is 9.97 Å². The molecule has 0 saturated carbocycles. The molecule has 0 spiro atoms. The van der Waals surface area contributed by atoms with Gasteiger partial charge < -0.3 is 14.7 Å². The maximum absolute atomic E-state index is 9.06. The summed E-state index contributed by atoms with van der Waals surface area (Å²) in [6.07, 6.45) is 1.54. The van der Waals surface area contributed by atoms with Crippen molar-refractivity contribution in [3.63, 3.8) is 0 Å². The average Bonchev–Trinajstić information content (AvgIpc) is 2.20. The number of likely N-dealkylation sites (N-methyl/N-ethyl adjacent to an activating group) is 1. The van der Waals surface area contributed by atoms with Crippen LogP contribution in [0.4, 0.5) is 5.82 Å². The van der Waals surface area contributed by atoms with Gasteiger partial charge in [0.2, 0.25) is 5.28 Å². The van der Waals surface area contributed by atoms with Gasteiger partial charge in [0.15, 0.2) is 11.6 Å². The van der Waals surface area contributed by atoms with Crippen LogP contribution in [0, 0.1) is 0 Å². The molecule has 1 N–H and O–H groups in total. The number of aliphatic hydroxyl groups excluding tert-OH is 1. The monoisotopic (exact) mass is 215 g/mol. The molecule has 2 heterocycles. The molecule has 5 nitrogen and oxygen atoms in total. The Morgan fingerprint density at radius 2 is 2.57 bits per heavy atom. The second-order valence-electron chi connectivity index (χ2n) is 3.09. The maximum Gasteiger partial charge on any atom is 0.224 e. The van der Waals surface area contributed by atoms with E-state index < -0.39 is 0 Å². The van der Waals surface area contributed by atoms with Gasteiger partial charge in [-0.25, -0.2) is 4.98 Å². The summed E-state index contributed by atoms with van der Waals surface area (Å²) in [5.41, 5.74) is 0. The summed E-state index contributed by atoms with van der Waals surface area (Å²) in [5, 5.41) is 9.24. The first kappa shape index (κ1) is 9.48. The van der Waals surface area contributed by atoms with Gasteiger partial charge in [0.1, 0.15) is 6.61 Å². The lowest BCUT2D eigenvalue weighted by Gasteiger charge is -2.33. The Labute approximate surface area is 86.3 Å². The number of fused-ring (bicyclic) bond motifs is 1. The number of halogens is 1. The van der Waals surface area contributed by atoms with Crippen LogP contribution in [0.5, 0.6) is 5.75 Å². The van der Waals surface area contributed by atoms with Crippen LogP contribution in [0.3, 0.4) is 0 Å². The van der Waals surface area contributed by atoms with Crippen LogP contribution in [-0.4, -0.2) is 41.4 Å². The van der Waals surface area contributed by atoms with Crippen molar-refractivity contribution in [3.8, 4) is 5.75 Å². The Morgan fingerprint density at radius 1 is 1.79 bits per heavy atom. The fourth-order valence-electron chi connectivity index (χ4n) is 1.34. The molecule has 1 aliphatic rings. The highest BCUT2D eigenvalue weighted by molar-refractivity contribution is 6.28. The van der Waals surface area contributed by atoms with E-state index in [4.69, 9.17) is 21.4 Å². The summed E-state index contributed by atoms with van der Waals surface area (Å²) in [5.74, 6) is 1.22. The molecule has 0 saturated heterocycles. The summed E-state index contributed by atoms with van der Waals surface area (Å²) in [6, 6.07) is -0.0755. The van der Waals surface area contributed by atoms with Crippen LogP contribution in [0.15, 0.2) is 6.20 Å². The second-order valence-corrected chi connectivity index (χ2v) is 3.42. The number of anilines is 1. The molecule has 0 radical (unpaired) electrons. The largest absolute Gasteiger partial charge is 0.486 e. The van der Waals surface area contributed by atoms with Gasteiger partial charge in [-0.05, 0) is 11.6 Å². The zero-order valence-electron chi connectivity index (χ0n) is 7.64. The Kier molecular flexibility index (Phi) is 2.43. The van der Waals surface area contributed by atoms with E-state index in [0.29, 0.717) is 18.2 Å². The van der Waals surface area contributed by atoms with Crippen LogP contribution in [0.2, 0.25) is 5.28 Å². The molecular formula is C8H10ClN3O2. The third-order valence-corrected chi connectivity index (χ3v) is 2.41. The van der Waals surface area contributed by atoms with E-state index in [0.717, 1.165) is 0 Å². The molecule has 1 aliphatic heterocycles. The molecule has 0 bridgehead atoms. The summed E-state index contributed by atoms with van der Waals surface area (Å²) in [4.78, 5) is 9.69. The first-order valence-corrected chi connectivity index (χ1v) is 4.59. The molecule has 0 fully saturated rings. The van der Waals surface area contributed by atoms with Gasteiger partial charge in [-0.2, -0.15) is 4.98 Å². The minimum absolute atomic E-state index is 0.0254. The van der Waals surface area contributed by atoms with E-state index >= 15 is 0 Å². The number of hydrogen-bond acceptors (Lipinski definition) is 5. The Bertz CT molecular complexity index is 347. The van der Waals surface area contributed by atoms with Crippen LogP contribution < -0.4 is 9.64 Å². The number of rotatable bonds is 1. The first-order chi connectivity index (χ1) is 6.72. The molecule has 1 aromatic heterocycles. The number of aromatic nitrogens is 2. The Balaban J connectivity index is 2.38. The molecule has 1 unspecified atom stereocenters. The minimum Gasteiger partial charge on any atom is -0.486 e. The first-order valence-electron chi connectivity index (χ1n) is 4.21. The maximum atomic E-state index is 9.06. The van der Waals surface area contributed by atoms with E-state index in [9.17, 15) is 0 Å². The number of nitrogens with zero attached hydrogens (tertiary/aromatic N) is 3. The van der Waals surface area contributed by atoms with Crippen LogP contribution >= 0.6 is 11.6 Å². The van der Waals surface area contributed by atoms with E-state index in [1.807, 2.05) is 11.9 Å². The van der Waals surface area contributed by atoms with Crippen molar-refractivity contribution < 1.29 is 9.84 Å². The van der Waals surface area contributed by atoms with Gasteiger partial charge in [0, 0.05) is 7.05 Å². The second kappa shape index (κ2) is 3.59. The van der Waals surface area contributed by atoms with Crippen molar-refractivity contribution in [2.45, 2.75) is 6.04 Å². The fourth-order valence-corrected chi connectivity index (χ4v) is 1.47. The Hall–Kier alpha value is -1.07. The lowest BCUT2D eigenvalue weighted by molar-refractivity contribution is 0.189. The van der Waals surface area contributed by atoms with Crippen molar-refractivity contribution in [2.24, 2.45) is 0 Å². The predicted molar refractivity (Wildman–Crippen MR) is 51.8 cm³/mol. The highest BCUT2D eigenvalue weighted by atomic mass is 35.5. The number of ether oxygens (including phenoxy) is 1. The van der Waals surface area contributed by atoms with E-state index in [1.54, 1.807) is 0 Å². The topological polar surface area (TPSA) is 58.5 Å². The third-order valence-electron chi connectivity index (χ3n) is 2.23. The van der Waals surface area contributed by atoms with Gasteiger partial charge in [-0.15, -0.1) is 0 Å². The van der Waals surface area contributed by atoms with Gasteiger partial charge in [-0.1, -0.05) is 0 Å². The molecule has 0 aliphatic carbocycles. The van der Waals surface area contributed by atoms with Crippen molar-refractivity contribution >= 4 is 17.4 Å². The average molecular weight is 216 g/mol. The lowest BCUT2D eigenvalue weighted by Crippen LogP contribution is -2.43. The van der Waals surface area contributed by atoms with Gasteiger partial charge >= 0.3 is 0 Å². The normalized spacial score (nSPS) is 20.2. The summed E-state index contributed by atoms with van der Waals surface area (Å²) in [7, 11) is 1.84. The van der Waals surface area contributed by atoms with E-state index in [2.05, 4.69) is 9.97 Å². The SMILES string of the molecule is CN1c2nc(Cl)ncc2OCC1CO. The zero-order chi connectivity index (χ0) is 10.1. The van der Waals surface area contributed by atoms with E-state index in [-0.39, 0.29) is 17.9 Å². The predicted octanol–water partition coefficient (Wildman–Crippen LogP) is 0.319. The molecule has 76 valence electrons. The zero-order valence-corrected chi connectivity index (χ0v) is 8.40. The highest BCUT2D eigenvalue weighted by Gasteiger charge is 2.25. The third kappa shape index (κ3) is 1.49. The standard InChI is InChI=1S/C8H10ClN3O2/c1-12-5(3-13)4-14-6-2-10-8(9)11-7(6)12/h2,5,13H,3-4H2,1H3. The molecule has 1 aromatic rings. The molecule has 6 heteroatoms. The number of hydrogen-bond donors (Lipinski definition) is 1. The van der Waals surface area contributed by atoms with Crippen LogP contribution in [-0.2, 0) is 0 Å². The molecule has 0 aromatic carbocycles. The summed E-state index contributed by atoms with van der Waals surface area (Å²) < 4.78 is 5.37. The van der Waals surface area contributed by atoms with Crippen molar-refractivity contribution in [1.29, 1.82) is 0 Å². The van der Waals surface area contributed by atoms with Crippen molar-refractivity contribution in [3.05, 3.63) is 11.5 Å². The van der Waals surface area contributed by atoms with Crippen LogP contribution in [0.1, 0.15) is 0 Å². The molecule has 1 atom stereocenters. The van der Waals surface area contributed by atoms with Gasteiger partial charge in [-0.3, -0.25) is 0 Å². The van der Waals surface area contributed by atoms with Gasteiger partial charge in [0.05, 0.1) is 18.8 Å². The summed E-state index contributed by atoms with van der Waals surface area (Å²) in [6.45, 7) is 0.461. The summed E-state index contributed by atoms with van der Waals surface area (Å²) >= 11 is 5.67. The number of aliphatic hydroxyl groups is 1. The lowest BCUT2D eigenvalue weighted by atomic mass is 10.2. The van der Waals surface area contributed by atoms with Gasteiger partial charge in [0.25, 0.3) is 0 Å². The Morgan fingerprint density at radius 3 is 3.29 bits per heavy atom. The fraction of sp³-hybridized carbons (Fsp3) is 0.500. The quantitative estimate of drug-likeness (QED) is 0.684. The molecular weight excluding hydrogens is 206 g/mol. The smallest absolute Gasteiger partial charge is 0.224 e. The van der Waals surface area contributed by atoms with E-state index in [1.165, 1.54) is 6.20 Å². The van der Waals surface area contributed by atoms with Crippen molar-refractivity contribution in [2.75, 3.05) is 25.2 Å². The molecule has 14 heavy (non-hydrogen) atoms. The minimum atomic E-state index is -0.0755.